The van der Waals surface area contributed by atoms with Gasteiger partial charge in [0, 0.05) is 11.3 Å². The Hall–Kier alpha value is -3.59. The smallest absolute Gasteiger partial charge is 0.234 e. The summed E-state index contributed by atoms with van der Waals surface area (Å²) >= 11 is 1.22. The zero-order valence-electron chi connectivity index (χ0n) is 15.7. The van der Waals surface area contributed by atoms with Crippen LogP contribution in [-0.2, 0) is 4.79 Å². The predicted octanol–water partition coefficient (Wildman–Crippen LogP) is 3.09. The zero-order chi connectivity index (χ0) is 20.2. The van der Waals surface area contributed by atoms with E-state index in [1.807, 2.05) is 67.6 Å². The number of carbonyl (C=O) groups is 1. The van der Waals surface area contributed by atoms with Crippen LogP contribution < -0.4 is 11.2 Å². The number of amides is 1. The molecule has 0 aliphatic rings. The second-order valence-corrected chi connectivity index (χ2v) is 7.30. The molecule has 4 N–H and O–H groups in total. The van der Waals surface area contributed by atoms with E-state index < -0.39 is 0 Å². The molecule has 2 heterocycles. The average Bonchev–Trinajstić information content (AvgIpc) is 3.36. The van der Waals surface area contributed by atoms with Gasteiger partial charge in [0.1, 0.15) is 5.69 Å². The van der Waals surface area contributed by atoms with Gasteiger partial charge in [0.05, 0.1) is 11.4 Å². The Morgan fingerprint density at radius 3 is 2.69 bits per heavy atom. The fraction of sp³-hybridized carbons (Fsp3) is 0.100. The number of H-pyrrole nitrogens is 1. The molecule has 0 atom stereocenters. The quantitative estimate of drug-likeness (QED) is 0.335. The summed E-state index contributed by atoms with van der Waals surface area (Å²) in [6.07, 6.45) is 0. The van der Waals surface area contributed by atoms with Gasteiger partial charge in [0.15, 0.2) is 0 Å². The first-order chi connectivity index (χ1) is 14.1. The Kier molecular flexibility index (Phi) is 5.30. The Morgan fingerprint density at radius 1 is 1.14 bits per heavy atom. The first-order valence-electron chi connectivity index (χ1n) is 8.92. The van der Waals surface area contributed by atoms with Gasteiger partial charge in [-0.3, -0.25) is 9.89 Å². The van der Waals surface area contributed by atoms with Gasteiger partial charge in [-0.2, -0.15) is 5.10 Å². The number of hydrogen-bond donors (Lipinski definition) is 3. The Bertz CT molecular complexity index is 1140. The van der Waals surface area contributed by atoms with Crippen molar-refractivity contribution < 1.29 is 4.79 Å². The number of thioether (sulfide) groups is 1. The highest BCUT2D eigenvalue weighted by molar-refractivity contribution is 7.99. The molecule has 29 heavy (non-hydrogen) atoms. The molecule has 0 unspecified atom stereocenters. The molecule has 0 aliphatic heterocycles. The zero-order valence-corrected chi connectivity index (χ0v) is 16.5. The van der Waals surface area contributed by atoms with Gasteiger partial charge in [-0.05, 0) is 24.6 Å². The van der Waals surface area contributed by atoms with E-state index in [2.05, 4.69) is 25.7 Å². The van der Waals surface area contributed by atoms with Crippen LogP contribution in [0.15, 0.2) is 65.8 Å². The number of nitrogens with two attached hydrogens (primary N) is 1. The number of nitrogen functional groups attached to an aromatic ring is 1. The lowest BCUT2D eigenvalue weighted by atomic mass is 10.1. The van der Waals surface area contributed by atoms with E-state index in [0.717, 1.165) is 22.5 Å². The third-order valence-corrected chi connectivity index (χ3v) is 5.25. The number of aromatic nitrogens is 5. The van der Waals surface area contributed by atoms with Crippen molar-refractivity contribution in [3.63, 3.8) is 0 Å². The van der Waals surface area contributed by atoms with Crippen molar-refractivity contribution in [1.29, 1.82) is 0 Å². The molecule has 2 aromatic carbocycles. The predicted molar refractivity (Wildman–Crippen MR) is 114 cm³/mol. The maximum absolute atomic E-state index is 12.2. The number of para-hydroxylation sites is 1. The summed E-state index contributed by atoms with van der Waals surface area (Å²) in [5, 5.41) is 18.8. The lowest BCUT2D eigenvalue weighted by molar-refractivity contribution is -0.113. The van der Waals surface area contributed by atoms with Crippen LogP contribution in [0, 0.1) is 6.92 Å². The molecule has 0 aliphatic carbocycles. The molecule has 4 aromatic rings. The van der Waals surface area contributed by atoms with Crippen molar-refractivity contribution in [3.8, 4) is 22.8 Å². The van der Waals surface area contributed by atoms with Crippen molar-refractivity contribution in [1.82, 2.24) is 25.1 Å². The topological polar surface area (TPSA) is 115 Å². The van der Waals surface area contributed by atoms with E-state index in [4.69, 9.17) is 5.84 Å². The molecule has 0 radical (unpaired) electrons. The van der Waals surface area contributed by atoms with Crippen LogP contribution >= 0.6 is 11.8 Å². The summed E-state index contributed by atoms with van der Waals surface area (Å²) in [5.74, 6) is 6.61. The van der Waals surface area contributed by atoms with E-state index in [0.29, 0.717) is 16.7 Å². The lowest BCUT2D eigenvalue weighted by Crippen LogP contribution is -2.17. The van der Waals surface area contributed by atoms with Crippen LogP contribution in [-0.4, -0.2) is 36.7 Å². The van der Waals surface area contributed by atoms with Gasteiger partial charge in [-0.1, -0.05) is 60.3 Å². The Morgan fingerprint density at radius 2 is 1.90 bits per heavy atom. The molecule has 0 fully saturated rings. The molecule has 2 aromatic heterocycles. The van der Waals surface area contributed by atoms with Crippen LogP contribution in [0.5, 0.6) is 0 Å². The maximum Gasteiger partial charge on any atom is 0.234 e. The number of aryl methyl sites for hydroxylation is 1. The number of carbonyl (C=O) groups excluding carboxylic acids is 1. The minimum Gasteiger partial charge on any atom is -0.335 e. The molecule has 0 saturated heterocycles. The molecular formula is C20H19N7OS. The van der Waals surface area contributed by atoms with Gasteiger partial charge in [-0.15, -0.1) is 10.2 Å². The number of benzene rings is 2. The fourth-order valence-corrected chi connectivity index (χ4v) is 3.44. The van der Waals surface area contributed by atoms with Crippen molar-refractivity contribution in [2.45, 2.75) is 12.1 Å². The van der Waals surface area contributed by atoms with E-state index in [1.54, 1.807) is 0 Å². The molecule has 146 valence electrons. The maximum atomic E-state index is 12.2. The SMILES string of the molecule is Cc1ccccc1NC(=O)CSc1nnc(-c2cc(-c3ccccc3)n[nH]2)n1N. The van der Waals surface area contributed by atoms with Gasteiger partial charge in [0.2, 0.25) is 16.9 Å². The highest BCUT2D eigenvalue weighted by atomic mass is 32.2. The second-order valence-electron chi connectivity index (χ2n) is 6.36. The van der Waals surface area contributed by atoms with Gasteiger partial charge >= 0.3 is 0 Å². The van der Waals surface area contributed by atoms with Crippen LogP contribution in [0.3, 0.4) is 0 Å². The molecular weight excluding hydrogens is 386 g/mol. The molecule has 0 saturated carbocycles. The molecule has 0 spiro atoms. The van der Waals surface area contributed by atoms with E-state index in [1.165, 1.54) is 16.4 Å². The number of nitrogens with one attached hydrogen (secondary N) is 2. The number of rotatable bonds is 6. The van der Waals surface area contributed by atoms with E-state index in [-0.39, 0.29) is 11.7 Å². The average molecular weight is 405 g/mol. The highest BCUT2D eigenvalue weighted by Crippen LogP contribution is 2.24. The summed E-state index contributed by atoms with van der Waals surface area (Å²) in [4.78, 5) is 12.2. The van der Waals surface area contributed by atoms with Gasteiger partial charge in [0.25, 0.3) is 0 Å². The fourth-order valence-electron chi connectivity index (χ4n) is 2.78. The summed E-state index contributed by atoms with van der Waals surface area (Å²) in [6, 6.07) is 19.3. The first kappa shape index (κ1) is 18.8. The molecule has 0 bridgehead atoms. The minimum absolute atomic E-state index is 0.137. The Balaban J connectivity index is 1.43. The molecule has 4 rings (SSSR count). The summed E-state index contributed by atoms with van der Waals surface area (Å²) in [7, 11) is 0. The van der Waals surface area contributed by atoms with Gasteiger partial charge < -0.3 is 11.2 Å². The highest BCUT2D eigenvalue weighted by Gasteiger charge is 2.16. The number of anilines is 1. The van der Waals surface area contributed by atoms with Gasteiger partial charge in [-0.25, -0.2) is 4.68 Å². The minimum atomic E-state index is -0.137. The van der Waals surface area contributed by atoms with Crippen molar-refractivity contribution >= 4 is 23.4 Å². The van der Waals surface area contributed by atoms with Crippen LogP contribution in [0.2, 0.25) is 0 Å². The third-order valence-electron chi connectivity index (χ3n) is 4.30. The number of hydrogen-bond acceptors (Lipinski definition) is 6. The van der Waals surface area contributed by atoms with E-state index in [9.17, 15) is 4.79 Å². The van der Waals surface area contributed by atoms with E-state index >= 15 is 0 Å². The van der Waals surface area contributed by atoms with Crippen LogP contribution in [0.25, 0.3) is 22.8 Å². The number of aromatic amines is 1. The summed E-state index contributed by atoms with van der Waals surface area (Å²) in [6.45, 7) is 1.94. The number of nitrogens with zero attached hydrogens (tertiary/aromatic N) is 4. The molecule has 9 heteroatoms. The second kappa shape index (κ2) is 8.19. The standard InChI is InChI=1S/C20H19N7OS/c1-13-7-5-6-10-15(13)22-18(28)12-29-20-26-25-19(27(20)21)17-11-16(23-24-17)14-8-3-2-4-9-14/h2-11H,12,21H2,1H3,(H,22,28)(H,23,24). The van der Waals surface area contributed by atoms with Crippen molar-refractivity contribution in [2.75, 3.05) is 16.9 Å². The van der Waals surface area contributed by atoms with Crippen molar-refractivity contribution in [2.24, 2.45) is 0 Å². The monoisotopic (exact) mass is 405 g/mol. The van der Waals surface area contributed by atoms with Crippen LogP contribution in [0.4, 0.5) is 5.69 Å². The first-order valence-corrected chi connectivity index (χ1v) is 9.90. The largest absolute Gasteiger partial charge is 0.335 e. The normalized spacial score (nSPS) is 10.8. The van der Waals surface area contributed by atoms with Crippen molar-refractivity contribution in [3.05, 3.63) is 66.2 Å². The third kappa shape index (κ3) is 4.14. The Labute approximate surface area is 171 Å². The molecule has 1 amide bonds. The summed E-state index contributed by atoms with van der Waals surface area (Å²) < 4.78 is 1.36. The lowest BCUT2D eigenvalue weighted by Gasteiger charge is -2.07. The summed E-state index contributed by atoms with van der Waals surface area (Å²) in [5.41, 5.74) is 4.22. The van der Waals surface area contributed by atoms with Crippen LogP contribution in [0.1, 0.15) is 5.56 Å². The molecule has 8 nitrogen and oxygen atoms in total.